The van der Waals surface area contributed by atoms with Crippen molar-refractivity contribution in [1.82, 2.24) is 15.5 Å². The van der Waals surface area contributed by atoms with Gasteiger partial charge in [0.1, 0.15) is 0 Å². The molecule has 0 spiro atoms. The minimum absolute atomic E-state index is 0.0136. The second-order valence-electron chi connectivity index (χ2n) is 7.48. The molecule has 0 atom stereocenters. The summed E-state index contributed by atoms with van der Waals surface area (Å²) >= 11 is 0. The van der Waals surface area contributed by atoms with Gasteiger partial charge < -0.3 is 21.1 Å². The van der Waals surface area contributed by atoms with E-state index in [0.29, 0.717) is 18.7 Å². The van der Waals surface area contributed by atoms with Crippen LogP contribution in [0.4, 0.5) is 4.79 Å². The van der Waals surface area contributed by atoms with Crippen molar-refractivity contribution in [2.75, 3.05) is 32.8 Å². The van der Waals surface area contributed by atoms with Gasteiger partial charge in [-0.25, -0.2) is 4.79 Å². The molecule has 3 rings (SSSR count). The van der Waals surface area contributed by atoms with Crippen molar-refractivity contribution in [2.45, 2.75) is 44.2 Å². The number of nitrogens with one attached hydrogen (secondary N) is 2. The highest BCUT2D eigenvalue weighted by molar-refractivity contribution is 5.94. The monoisotopic (exact) mass is 374 g/mol. The van der Waals surface area contributed by atoms with Crippen molar-refractivity contribution in [1.29, 1.82) is 0 Å². The lowest BCUT2D eigenvalue weighted by Gasteiger charge is -2.48. The third-order valence-corrected chi connectivity index (χ3v) is 5.71. The molecule has 7 heteroatoms. The van der Waals surface area contributed by atoms with E-state index in [1.165, 1.54) is 19.3 Å². The van der Waals surface area contributed by atoms with Gasteiger partial charge in [0.25, 0.3) is 5.91 Å². The van der Waals surface area contributed by atoms with E-state index in [0.717, 1.165) is 44.7 Å². The van der Waals surface area contributed by atoms with Gasteiger partial charge in [0.2, 0.25) is 0 Å². The van der Waals surface area contributed by atoms with Gasteiger partial charge in [0, 0.05) is 37.4 Å². The SMILES string of the molecule is NC(=O)NCc1ccc(C(=O)NCC2(N3CCCCC3)CCOCC2)cc1. The van der Waals surface area contributed by atoms with Gasteiger partial charge >= 0.3 is 6.03 Å². The van der Waals surface area contributed by atoms with Crippen LogP contribution in [0.5, 0.6) is 0 Å². The maximum absolute atomic E-state index is 12.6. The molecule has 1 aromatic carbocycles. The average molecular weight is 374 g/mol. The summed E-state index contributed by atoms with van der Waals surface area (Å²) < 4.78 is 5.58. The summed E-state index contributed by atoms with van der Waals surface area (Å²) in [5.41, 5.74) is 6.62. The molecule has 2 aliphatic heterocycles. The predicted octanol–water partition coefficient (Wildman–Crippen LogP) is 1.62. The van der Waals surface area contributed by atoms with E-state index in [2.05, 4.69) is 15.5 Å². The topological polar surface area (TPSA) is 96.7 Å². The normalized spacial score (nSPS) is 20.0. The number of carbonyl (C=O) groups excluding carboxylic acids is 2. The molecule has 7 nitrogen and oxygen atoms in total. The van der Waals surface area contributed by atoms with Crippen LogP contribution in [0.3, 0.4) is 0 Å². The van der Waals surface area contributed by atoms with Gasteiger partial charge in [-0.05, 0) is 56.5 Å². The Kier molecular flexibility index (Phi) is 6.68. The highest BCUT2D eigenvalue weighted by Crippen LogP contribution is 2.30. The van der Waals surface area contributed by atoms with E-state index in [1.54, 1.807) is 12.1 Å². The Bertz CT molecular complexity index is 635. The lowest BCUT2D eigenvalue weighted by atomic mass is 9.86. The number of hydrogen-bond acceptors (Lipinski definition) is 4. The molecule has 2 saturated heterocycles. The molecule has 148 valence electrons. The van der Waals surface area contributed by atoms with E-state index < -0.39 is 6.03 Å². The number of nitrogens with zero attached hydrogens (tertiary/aromatic N) is 1. The molecule has 0 unspecified atom stereocenters. The number of rotatable bonds is 6. The first kappa shape index (κ1) is 19.6. The maximum atomic E-state index is 12.6. The quantitative estimate of drug-likeness (QED) is 0.705. The Morgan fingerprint density at radius 3 is 2.33 bits per heavy atom. The van der Waals surface area contributed by atoms with Gasteiger partial charge in [-0.3, -0.25) is 9.69 Å². The molecule has 2 fully saturated rings. The van der Waals surface area contributed by atoms with Gasteiger partial charge in [-0.2, -0.15) is 0 Å². The number of ether oxygens (including phenoxy) is 1. The van der Waals surface area contributed by atoms with Crippen LogP contribution in [0.15, 0.2) is 24.3 Å². The second-order valence-corrected chi connectivity index (χ2v) is 7.48. The van der Waals surface area contributed by atoms with Crippen molar-refractivity contribution in [3.05, 3.63) is 35.4 Å². The fourth-order valence-corrected chi connectivity index (χ4v) is 4.03. The fourth-order valence-electron chi connectivity index (χ4n) is 4.03. The summed E-state index contributed by atoms with van der Waals surface area (Å²) in [6, 6.07) is 6.67. The van der Waals surface area contributed by atoms with E-state index in [9.17, 15) is 9.59 Å². The fraction of sp³-hybridized carbons (Fsp3) is 0.600. The lowest BCUT2D eigenvalue weighted by Crippen LogP contribution is -2.59. The third kappa shape index (κ3) is 5.20. The van der Waals surface area contributed by atoms with Crippen LogP contribution in [0.25, 0.3) is 0 Å². The molecule has 0 saturated carbocycles. The smallest absolute Gasteiger partial charge is 0.312 e. The van der Waals surface area contributed by atoms with Gasteiger partial charge in [-0.15, -0.1) is 0 Å². The minimum atomic E-state index is -0.559. The summed E-state index contributed by atoms with van der Waals surface area (Å²) in [5.74, 6) is -0.0627. The average Bonchev–Trinajstić information content (AvgIpc) is 2.72. The summed E-state index contributed by atoms with van der Waals surface area (Å²) in [6.45, 7) is 4.74. The van der Waals surface area contributed by atoms with Crippen LogP contribution < -0.4 is 16.4 Å². The molecule has 0 aliphatic carbocycles. The first-order valence-corrected chi connectivity index (χ1v) is 9.82. The molecule has 0 bridgehead atoms. The van der Waals surface area contributed by atoms with Crippen molar-refractivity contribution < 1.29 is 14.3 Å². The number of nitrogens with two attached hydrogens (primary N) is 1. The summed E-state index contributed by atoms with van der Waals surface area (Å²) in [7, 11) is 0. The molecule has 4 N–H and O–H groups in total. The van der Waals surface area contributed by atoms with Crippen LogP contribution >= 0.6 is 0 Å². The lowest BCUT2D eigenvalue weighted by molar-refractivity contribution is -0.0349. The van der Waals surface area contributed by atoms with Crippen molar-refractivity contribution >= 4 is 11.9 Å². The number of benzene rings is 1. The molecule has 2 heterocycles. The number of hydrogen-bond donors (Lipinski definition) is 3. The van der Waals surface area contributed by atoms with E-state index in [1.807, 2.05) is 12.1 Å². The maximum Gasteiger partial charge on any atom is 0.312 e. The van der Waals surface area contributed by atoms with Crippen LogP contribution in [0.2, 0.25) is 0 Å². The first-order chi connectivity index (χ1) is 13.1. The molecule has 1 aromatic rings. The van der Waals surface area contributed by atoms with Gasteiger partial charge in [0.05, 0.1) is 0 Å². The Morgan fingerprint density at radius 2 is 1.70 bits per heavy atom. The van der Waals surface area contributed by atoms with Gasteiger partial charge in [0.15, 0.2) is 0 Å². The number of likely N-dealkylation sites (tertiary alicyclic amines) is 1. The molecular formula is C20H30N4O3. The number of amides is 3. The number of carbonyl (C=O) groups is 2. The largest absolute Gasteiger partial charge is 0.381 e. The van der Waals surface area contributed by atoms with E-state index in [-0.39, 0.29) is 11.4 Å². The van der Waals surface area contributed by atoms with E-state index in [4.69, 9.17) is 10.5 Å². The molecule has 0 aromatic heterocycles. The summed E-state index contributed by atoms with van der Waals surface area (Å²) in [6.07, 6.45) is 5.69. The molecule has 27 heavy (non-hydrogen) atoms. The zero-order valence-electron chi connectivity index (χ0n) is 15.8. The third-order valence-electron chi connectivity index (χ3n) is 5.71. The van der Waals surface area contributed by atoms with Crippen molar-refractivity contribution in [3.8, 4) is 0 Å². The van der Waals surface area contributed by atoms with E-state index >= 15 is 0 Å². The summed E-state index contributed by atoms with van der Waals surface area (Å²) in [5, 5.41) is 5.69. The minimum Gasteiger partial charge on any atom is -0.381 e. The zero-order valence-corrected chi connectivity index (χ0v) is 15.8. The Hall–Kier alpha value is -2.12. The van der Waals surface area contributed by atoms with Crippen molar-refractivity contribution in [2.24, 2.45) is 5.73 Å². The highest BCUT2D eigenvalue weighted by Gasteiger charge is 2.39. The highest BCUT2D eigenvalue weighted by atomic mass is 16.5. The molecule has 3 amide bonds. The van der Waals surface area contributed by atoms with Crippen molar-refractivity contribution in [3.63, 3.8) is 0 Å². The Labute approximate surface area is 160 Å². The number of primary amides is 1. The molecule has 2 aliphatic rings. The summed E-state index contributed by atoms with van der Waals surface area (Å²) in [4.78, 5) is 26.0. The van der Waals surface area contributed by atoms with Crippen LogP contribution in [0.1, 0.15) is 48.0 Å². The zero-order chi connectivity index (χ0) is 19.1. The molecular weight excluding hydrogens is 344 g/mol. The number of urea groups is 1. The number of piperidine rings is 1. The predicted molar refractivity (Wildman–Crippen MR) is 103 cm³/mol. The van der Waals surface area contributed by atoms with Crippen LogP contribution in [-0.4, -0.2) is 55.2 Å². The molecule has 0 radical (unpaired) electrons. The first-order valence-electron chi connectivity index (χ1n) is 9.82. The standard InChI is InChI=1S/C20H30N4O3/c21-19(26)22-14-16-4-6-17(7-5-16)18(25)23-15-20(8-12-27-13-9-20)24-10-2-1-3-11-24/h4-7H,1-3,8-15H2,(H,23,25)(H3,21,22,26). The Morgan fingerprint density at radius 1 is 1.04 bits per heavy atom. The van der Waals surface area contributed by atoms with Gasteiger partial charge in [-0.1, -0.05) is 18.6 Å². The second kappa shape index (κ2) is 9.19. The Balaban J connectivity index is 1.59. The van der Waals surface area contributed by atoms with Crippen LogP contribution in [-0.2, 0) is 11.3 Å². The van der Waals surface area contributed by atoms with Crippen LogP contribution in [0, 0.1) is 0 Å².